The number of aliphatic hydroxyl groups is 1. The summed E-state index contributed by atoms with van der Waals surface area (Å²) in [5.74, 6) is 0.470. The molecule has 2 N–H and O–H groups in total. The van der Waals surface area contributed by atoms with Crippen LogP contribution in [0.1, 0.15) is 37.7 Å². The molecule has 3 rings (SSSR count). The molecule has 27 heavy (non-hydrogen) atoms. The van der Waals surface area contributed by atoms with Gasteiger partial charge in [-0.15, -0.1) is 11.3 Å². The minimum Gasteiger partial charge on any atom is -0.396 e. The molecule has 0 unspecified atom stereocenters. The fraction of sp³-hybridized carbons (Fsp3) is 0.636. The average molecular weight is 406 g/mol. The first-order valence-electron chi connectivity index (χ1n) is 10.3. The van der Waals surface area contributed by atoms with E-state index in [9.17, 15) is 5.11 Å². The summed E-state index contributed by atoms with van der Waals surface area (Å²) in [5, 5.41) is 14.3. The lowest BCUT2D eigenvalue weighted by Crippen LogP contribution is -2.45. The van der Waals surface area contributed by atoms with Crippen LogP contribution < -0.4 is 9.82 Å². The Balaban J connectivity index is 2.11. The third kappa shape index (κ3) is 4.32. The Morgan fingerprint density at radius 2 is 2.11 bits per heavy atom. The van der Waals surface area contributed by atoms with Crippen LogP contribution in [0.5, 0.6) is 0 Å². The van der Waals surface area contributed by atoms with Crippen LogP contribution in [-0.4, -0.2) is 40.0 Å². The van der Waals surface area contributed by atoms with Crippen LogP contribution in [0, 0.1) is 5.92 Å². The molecule has 2 heterocycles. The van der Waals surface area contributed by atoms with E-state index in [2.05, 4.69) is 49.2 Å². The van der Waals surface area contributed by atoms with Crippen molar-refractivity contribution in [2.24, 2.45) is 5.92 Å². The first kappa shape index (κ1) is 21.0. The molecule has 5 heteroatoms. The molecule has 3 nitrogen and oxygen atoms in total. The highest BCUT2D eigenvalue weighted by molar-refractivity contribution is 7.31. The Morgan fingerprint density at radius 1 is 1.30 bits per heavy atom. The van der Waals surface area contributed by atoms with Crippen molar-refractivity contribution in [1.82, 2.24) is 5.32 Å². The lowest BCUT2D eigenvalue weighted by atomic mass is 9.74. The van der Waals surface area contributed by atoms with E-state index in [4.69, 9.17) is 4.74 Å². The lowest BCUT2D eigenvalue weighted by molar-refractivity contribution is -0.0786. The summed E-state index contributed by atoms with van der Waals surface area (Å²) in [6.07, 6.45) is 5.20. The van der Waals surface area contributed by atoms with Gasteiger partial charge in [-0.3, -0.25) is 0 Å². The van der Waals surface area contributed by atoms with E-state index in [1.807, 2.05) is 18.4 Å². The highest BCUT2D eigenvalue weighted by Crippen LogP contribution is 2.45. The van der Waals surface area contributed by atoms with Crippen molar-refractivity contribution in [3.8, 4) is 0 Å². The third-order valence-corrected chi connectivity index (χ3v) is 10.8. The molecule has 0 aliphatic carbocycles. The van der Waals surface area contributed by atoms with Gasteiger partial charge < -0.3 is 15.2 Å². The molecule has 150 valence electrons. The molecular weight excluding hydrogens is 370 g/mol. The predicted molar refractivity (Wildman–Crippen MR) is 120 cm³/mol. The van der Waals surface area contributed by atoms with E-state index < -0.39 is 8.07 Å². The van der Waals surface area contributed by atoms with E-state index in [1.165, 1.54) is 28.5 Å². The van der Waals surface area contributed by atoms with Gasteiger partial charge >= 0.3 is 0 Å². The number of thiophene rings is 1. The zero-order chi connectivity index (χ0) is 19.5. The van der Waals surface area contributed by atoms with Crippen molar-refractivity contribution in [3.63, 3.8) is 0 Å². The van der Waals surface area contributed by atoms with E-state index in [1.54, 1.807) is 4.50 Å². The molecule has 1 saturated heterocycles. The monoisotopic (exact) mass is 405 g/mol. The number of nitrogens with one attached hydrogen (secondary N) is 1. The molecule has 1 aliphatic heterocycles. The maximum absolute atomic E-state index is 9.33. The molecule has 0 saturated carbocycles. The predicted octanol–water partition coefficient (Wildman–Crippen LogP) is 4.45. The Bertz CT molecular complexity index is 748. The van der Waals surface area contributed by atoms with Gasteiger partial charge in [-0.1, -0.05) is 37.8 Å². The zero-order valence-corrected chi connectivity index (χ0v) is 19.1. The van der Waals surface area contributed by atoms with Gasteiger partial charge in [0.15, 0.2) is 0 Å². The third-order valence-electron chi connectivity index (χ3n) is 6.02. The van der Waals surface area contributed by atoms with Gasteiger partial charge in [0.25, 0.3) is 0 Å². The van der Waals surface area contributed by atoms with Crippen molar-refractivity contribution in [2.75, 3.05) is 26.8 Å². The number of fused-ring (bicyclic) bond motifs is 1. The van der Waals surface area contributed by atoms with Crippen LogP contribution in [0.4, 0.5) is 0 Å². The van der Waals surface area contributed by atoms with Crippen molar-refractivity contribution < 1.29 is 9.84 Å². The number of aliphatic hydroxyl groups excluding tert-OH is 1. The van der Waals surface area contributed by atoms with Gasteiger partial charge in [0.1, 0.15) is 0 Å². The van der Waals surface area contributed by atoms with E-state index in [0.29, 0.717) is 5.92 Å². The van der Waals surface area contributed by atoms with Gasteiger partial charge in [0, 0.05) is 36.4 Å². The number of methoxy groups -OCH3 is 1. The maximum Gasteiger partial charge on any atom is 0.0981 e. The molecule has 1 aromatic heterocycles. The second-order valence-corrected chi connectivity index (χ2v) is 15.4. The number of hydrogen-bond acceptors (Lipinski definition) is 4. The van der Waals surface area contributed by atoms with Gasteiger partial charge in [-0.05, 0) is 54.6 Å². The lowest BCUT2D eigenvalue weighted by Gasteiger charge is -2.43. The molecule has 2 aromatic rings. The summed E-state index contributed by atoms with van der Waals surface area (Å²) in [4.78, 5) is 0. The Labute approximate surface area is 169 Å². The first-order valence-corrected chi connectivity index (χ1v) is 14.6. The van der Waals surface area contributed by atoms with Crippen LogP contribution >= 0.6 is 11.3 Å². The minimum absolute atomic E-state index is 0.256. The molecule has 1 aliphatic rings. The van der Waals surface area contributed by atoms with Crippen LogP contribution in [0.3, 0.4) is 0 Å². The summed E-state index contributed by atoms with van der Waals surface area (Å²) < 4.78 is 9.38. The molecule has 1 fully saturated rings. The molecule has 2 atom stereocenters. The largest absolute Gasteiger partial charge is 0.396 e. The summed E-state index contributed by atoms with van der Waals surface area (Å²) in [5.41, 5.74) is 1.09. The Kier molecular flexibility index (Phi) is 6.80. The average Bonchev–Trinajstić information content (AvgIpc) is 3.11. The fourth-order valence-corrected chi connectivity index (χ4v) is 7.57. The van der Waals surface area contributed by atoms with Gasteiger partial charge in [0.05, 0.1) is 13.7 Å². The molecule has 0 spiro atoms. The summed E-state index contributed by atoms with van der Waals surface area (Å²) >= 11 is 1.99. The normalized spacial score (nSPS) is 20.7. The molecule has 1 aromatic carbocycles. The van der Waals surface area contributed by atoms with E-state index in [0.717, 1.165) is 32.4 Å². The number of rotatable bonds is 8. The maximum atomic E-state index is 9.33. The topological polar surface area (TPSA) is 41.5 Å². The van der Waals surface area contributed by atoms with E-state index in [-0.39, 0.29) is 12.2 Å². The minimum atomic E-state index is -1.35. The van der Waals surface area contributed by atoms with E-state index >= 15 is 0 Å². The summed E-state index contributed by atoms with van der Waals surface area (Å²) in [6.45, 7) is 9.64. The number of benzene rings is 1. The number of hydrogen-bond donors (Lipinski definition) is 2. The van der Waals surface area contributed by atoms with Crippen LogP contribution in [-0.2, 0) is 10.3 Å². The number of unbranched alkanes of at least 4 members (excludes halogenated alkanes) is 1. The summed E-state index contributed by atoms with van der Waals surface area (Å²) in [6, 6.07) is 9.17. The smallest absolute Gasteiger partial charge is 0.0981 e. The molecule has 0 amide bonds. The first-order chi connectivity index (χ1) is 12.9. The SMILES string of the molecule is CO[C@](CCCCO)(c1cccc2cc([Si](C)(C)C)sc12)[C@@H]1CCCNC1. The van der Waals surface area contributed by atoms with Gasteiger partial charge in [-0.25, -0.2) is 0 Å². The highest BCUT2D eigenvalue weighted by Gasteiger charge is 2.42. The molecule has 0 bridgehead atoms. The Morgan fingerprint density at radius 3 is 2.74 bits per heavy atom. The van der Waals surface area contributed by atoms with Crippen molar-refractivity contribution >= 4 is 34.0 Å². The second kappa shape index (κ2) is 8.74. The van der Waals surface area contributed by atoms with Crippen molar-refractivity contribution in [2.45, 2.75) is 57.3 Å². The molecular formula is C22H35NO2SSi. The summed E-state index contributed by atoms with van der Waals surface area (Å²) in [7, 11) is 0.541. The second-order valence-electron chi connectivity index (χ2n) is 8.90. The quantitative estimate of drug-likeness (QED) is 0.503. The standard InChI is InChI=1S/C22H35NO2SSi/c1-25-22(12-5-6-14-24,18-10-8-13-23-16-18)19-11-7-9-17-15-20(26-21(17)19)27(2,3)4/h7,9,11,15,18,23-24H,5-6,8,10,12-14,16H2,1-4H3/t18-,22+/m1/s1. The van der Waals surface area contributed by atoms with Crippen LogP contribution in [0.2, 0.25) is 19.6 Å². The molecule has 0 radical (unpaired) electrons. The van der Waals surface area contributed by atoms with Gasteiger partial charge in [-0.2, -0.15) is 0 Å². The van der Waals surface area contributed by atoms with Crippen molar-refractivity contribution in [3.05, 3.63) is 29.8 Å². The number of piperidine rings is 1. The zero-order valence-electron chi connectivity index (χ0n) is 17.3. The highest BCUT2D eigenvalue weighted by atomic mass is 32.1. The Hall–Kier alpha value is -0.723. The van der Waals surface area contributed by atoms with Crippen LogP contribution in [0.15, 0.2) is 24.3 Å². The fourth-order valence-electron chi connectivity index (χ4n) is 4.45. The van der Waals surface area contributed by atoms with Crippen LogP contribution in [0.25, 0.3) is 10.1 Å². The number of ether oxygens (including phenoxy) is 1. The van der Waals surface area contributed by atoms with Gasteiger partial charge in [0.2, 0.25) is 0 Å². The van der Waals surface area contributed by atoms with Crippen molar-refractivity contribution in [1.29, 1.82) is 0 Å².